The summed E-state index contributed by atoms with van der Waals surface area (Å²) in [7, 11) is 1.63. The Morgan fingerprint density at radius 2 is 1.85 bits per heavy atom. The van der Waals surface area contributed by atoms with Gasteiger partial charge in [-0.3, -0.25) is 4.79 Å². The first-order chi connectivity index (χ1) is 9.72. The molecule has 1 aromatic carbocycles. The van der Waals surface area contributed by atoms with Gasteiger partial charge in [0.15, 0.2) is 0 Å². The lowest BCUT2D eigenvalue weighted by atomic mass is 10.1. The monoisotopic (exact) mass is 271 g/mol. The molecule has 0 saturated carbocycles. The van der Waals surface area contributed by atoms with Crippen LogP contribution in [-0.2, 0) is 6.54 Å². The maximum absolute atomic E-state index is 11.7. The molecule has 0 aliphatic heterocycles. The third-order valence-electron chi connectivity index (χ3n) is 2.95. The Morgan fingerprint density at radius 1 is 1.15 bits per heavy atom. The maximum Gasteiger partial charge on any atom is 0.251 e. The minimum absolute atomic E-state index is 0.0407. The molecule has 0 unspecified atom stereocenters. The van der Waals surface area contributed by atoms with Crippen LogP contribution in [0.2, 0.25) is 0 Å². The van der Waals surface area contributed by atoms with Crippen molar-refractivity contribution in [2.24, 2.45) is 0 Å². The fraction of sp³-hybridized carbons (Fsp3) is 0.188. The summed E-state index contributed by atoms with van der Waals surface area (Å²) < 4.78 is 6.57. The van der Waals surface area contributed by atoms with Crippen molar-refractivity contribution < 1.29 is 9.84 Å². The summed E-state index contributed by atoms with van der Waals surface area (Å²) in [5.41, 5.74) is 1.75. The molecule has 0 atom stereocenters. The van der Waals surface area contributed by atoms with Crippen molar-refractivity contribution in [3.8, 4) is 5.75 Å². The molecule has 0 saturated heterocycles. The van der Waals surface area contributed by atoms with Gasteiger partial charge in [-0.05, 0) is 29.3 Å². The Kier molecular flexibility index (Phi) is 4.74. The first kappa shape index (κ1) is 14.1. The first-order valence-corrected chi connectivity index (χ1v) is 6.36. The summed E-state index contributed by atoms with van der Waals surface area (Å²) in [6.07, 6.45) is 5.50. The minimum atomic E-state index is -0.115. The summed E-state index contributed by atoms with van der Waals surface area (Å²) in [6.45, 7) is 0.280. The third kappa shape index (κ3) is 3.59. The molecular weight excluding hydrogens is 254 g/mol. The molecule has 0 bridgehead atoms. The molecule has 0 aliphatic carbocycles. The minimum Gasteiger partial charge on any atom is -0.497 e. The van der Waals surface area contributed by atoms with Crippen LogP contribution in [0.25, 0.3) is 12.2 Å². The van der Waals surface area contributed by atoms with Gasteiger partial charge in [-0.25, -0.2) is 0 Å². The van der Waals surface area contributed by atoms with Gasteiger partial charge in [-0.2, -0.15) is 0 Å². The highest BCUT2D eigenvalue weighted by Gasteiger charge is 1.96. The number of pyridine rings is 1. The molecule has 4 heteroatoms. The van der Waals surface area contributed by atoms with E-state index in [0.29, 0.717) is 6.54 Å². The molecule has 0 spiro atoms. The molecule has 20 heavy (non-hydrogen) atoms. The molecule has 1 aromatic heterocycles. The number of nitrogens with zero attached hydrogens (tertiary/aromatic N) is 1. The normalized spacial score (nSPS) is 10.9. The number of rotatable bonds is 5. The fourth-order valence-electron chi connectivity index (χ4n) is 1.83. The van der Waals surface area contributed by atoms with Crippen LogP contribution in [0.3, 0.4) is 0 Å². The summed E-state index contributed by atoms with van der Waals surface area (Å²) in [5, 5.41) is 8.82. The van der Waals surface area contributed by atoms with Crippen molar-refractivity contribution in [3.63, 3.8) is 0 Å². The summed E-state index contributed by atoms with van der Waals surface area (Å²) in [4.78, 5) is 11.7. The van der Waals surface area contributed by atoms with Crippen LogP contribution < -0.4 is 10.3 Å². The molecular formula is C16H17NO3. The highest BCUT2D eigenvalue weighted by atomic mass is 16.5. The van der Waals surface area contributed by atoms with Gasteiger partial charge in [0.05, 0.1) is 13.7 Å². The second-order valence-electron chi connectivity index (χ2n) is 4.32. The van der Waals surface area contributed by atoms with Crippen LogP contribution in [0.5, 0.6) is 5.75 Å². The molecule has 4 nitrogen and oxygen atoms in total. The van der Waals surface area contributed by atoms with Crippen LogP contribution >= 0.6 is 0 Å². The molecule has 1 heterocycles. The van der Waals surface area contributed by atoms with E-state index in [2.05, 4.69) is 0 Å². The molecule has 0 aliphatic rings. The summed E-state index contributed by atoms with van der Waals surface area (Å²) in [5.74, 6) is 0.814. The van der Waals surface area contributed by atoms with Crippen molar-refractivity contribution in [1.82, 2.24) is 4.57 Å². The molecule has 0 radical (unpaired) electrons. The van der Waals surface area contributed by atoms with Crippen LogP contribution in [0, 0.1) is 0 Å². The highest BCUT2D eigenvalue weighted by molar-refractivity contribution is 5.69. The molecule has 104 valence electrons. The second kappa shape index (κ2) is 6.73. The number of ether oxygens (including phenoxy) is 1. The number of aliphatic hydroxyl groups excluding tert-OH is 1. The van der Waals surface area contributed by atoms with E-state index in [1.54, 1.807) is 19.4 Å². The topological polar surface area (TPSA) is 51.5 Å². The van der Waals surface area contributed by atoms with Gasteiger partial charge in [-0.1, -0.05) is 24.3 Å². The lowest BCUT2D eigenvalue weighted by Crippen LogP contribution is -2.20. The van der Waals surface area contributed by atoms with Crippen LogP contribution in [0.1, 0.15) is 11.1 Å². The van der Waals surface area contributed by atoms with Crippen LogP contribution in [-0.4, -0.2) is 23.4 Å². The van der Waals surface area contributed by atoms with Crippen LogP contribution in [0.15, 0.2) is 47.4 Å². The van der Waals surface area contributed by atoms with Crippen molar-refractivity contribution >= 4 is 12.2 Å². The first-order valence-electron chi connectivity index (χ1n) is 6.36. The van der Waals surface area contributed by atoms with Gasteiger partial charge in [0, 0.05) is 18.8 Å². The Labute approximate surface area is 117 Å². The van der Waals surface area contributed by atoms with Gasteiger partial charge in [0.1, 0.15) is 5.75 Å². The fourth-order valence-corrected chi connectivity index (χ4v) is 1.83. The average Bonchev–Trinajstić information content (AvgIpc) is 2.48. The molecule has 2 rings (SSSR count). The number of benzene rings is 1. The van der Waals surface area contributed by atoms with Crippen LogP contribution in [0.4, 0.5) is 0 Å². The zero-order valence-corrected chi connectivity index (χ0v) is 11.3. The largest absolute Gasteiger partial charge is 0.497 e. The van der Waals surface area contributed by atoms with E-state index < -0.39 is 0 Å². The number of methoxy groups -OCH3 is 1. The van der Waals surface area contributed by atoms with E-state index in [4.69, 9.17) is 9.84 Å². The predicted molar refractivity (Wildman–Crippen MR) is 79.7 cm³/mol. The van der Waals surface area contributed by atoms with Gasteiger partial charge in [0.2, 0.25) is 0 Å². The number of aromatic nitrogens is 1. The number of hydrogen-bond acceptors (Lipinski definition) is 3. The quantitative estimate of drug-likeness (QED) is 0.905. The highest BCUT2D eigenvalue weighted by Crippen LogP contribution is 2.13. The average molecular weight is 271 g/mol. The standard InChI is InChI=1S/C16H17NO3/c1-20-15-6-4-13(5-7-15)2-3-14-8-9-17(10-11-18)16(19)12-14/h2-9,12,18H,10-11H2,1H3/b3-2+. The summed E-state index contributed by atoms with van der Waals surface area (Å²) >= 11 is 0. The van der Waals surface area contributed by atoms with E-state index in [1.807, 2.05) is 42.5 Å². The molecule has 0 amide bonds. The summed E-state index contributed by atoms with van der Waals surface area (Å²) in [6, 6.07) is 11.1. The zero-order chi connectivity index (χ0) is 14.4. The lowest BCUT2D eigenvalue weighted by molar-refractivity contribution is 0.274. The number of aliphatic hydroxyl groups is 1. The van der Waals surface area contributed by atoms with E-state index in [9.17, 15) is 4.79 Å². The maximum atomic E-state index is 11.7. The van der Waals surface area contributed by atoms with Gasteiger partial charge in [-0.15, -0.1) is 0 Å². The van der Waals surface area contributed by atoms with Gasteiger partial charge >= 0.3 is 0 Å². The Hall–Kier alpha value is -2.33. The molecule has 0 fully saturated rings. The van der Waals surface area contributed by atoms with Gasteiger partial charge in [0.25, 0.3) is 5.56 Å². The smallest absolute Gasteiger partial charge is 0.251 e. The predicted octanol–water partition coefficient (Wildman–Crippen LogP) is 2.02. The van der Waals surface area contributed by atoms with E-state index >= 15 is 0 Å². The Balaban J connectivity index is 2.14. The molecule has 2 aromatic rings. The Bertz CT molecular complexity index is 642. The number of hydrogen-bond donors (Lipinski definition) is 1. The van der Waals surface area contributed by atoms with E-state index in [0.717, 1.165) is 16.9 Å². The third-order valence-corrected chi connectivity index (χ3v) is 2.95. The van der Waals surface area contributed by atoms with Crippen molar-refractivity contribution in [2.45, 2.75) is 6.54 Å². The van der Waals surface area contributed by atoms with Gasteiger partial charge < -0.3 is 14.4 Å². The van der Waals surface area contributed by atoms with Crippen molar-refractivity contribution in [3.05, 3.63) is 64.1 Å². The molecule has 1 N–H and O–H groups in total. The second-order valence-corrected chi connectivity index (χ2v) is 4.32. The SMILES string of the molecule is COc1ccc(/C=C/c2ccn(CCO)c(=O)c2)cc1. The Morgan fingerprint density at radius 3 is 2.45 bits per heavy atom. The van der Waals surface area contributed by atoms with E-state index in [-0.39, 0.29) is 12.2 Å². The van der Waals surface area contributed by atoms with Crippen molar-refractivity contribution in [1.29, 1.82) is 0 Å². The lowest BCUT2D eigenvalue weighted by Gasteiger charge is -2.03. The van der Waals surface area contributed by atoms with Crippen molar-refractivity contribution in [2.75, 3.05) is 13.7 Å². The van der Waals surface area contributed by atoms with E-state index in [1.165, 1.54) is 4.57 Å². The zero-order valence-electron chi connectivity index (χ0n) is 11.3.